The lowest BCUT2D eigenvalue weighted by molar-refractivity contribution is 0.587. The summed E-state index contributed by atoms with van der Waals surface area (Å²) in [6, 6.07) is 9.15. The van der Waals surface area contributed by atoms with Crippen molar-refractivity contribution in [3.8, 4) is 0 Å². The molecular weight excluding hydrogens is 248 g/mol. The summed E-state index contributed by atoms with van der Waals surface area (Å²) in [5.74, 6) is 1.14. The average Bonchev–Trinajstić information content (AvgIpc) is 2.93. The van der Waals surface area contributed by atoms with E-state index in [1.54, 1.807) is 11.3 Å². The highest BCUT2D eigenvalue weighted by Crippen LogP contribution is 2.37. The lowest BCUT2D eigenvalue weighted by Crippen LogP contribution is -2.19. The van der Waals surface area contributed by atoms with Crippen molar-refractivity contribution in [1.29, 1.82) is 0 Å². The largest absolute Gasteiger partial charge is 0.304 e. The third-order valence-electron chi connectivity index (χ3n) is 2.89. The maximum absolute atomic E-state index is 4.28. The summed E-state index contributed by atoms with van der Waals surface area (Å²) >= 11 is 3.71. The van der Waals surface area contributed by atoms with Gasteiger partial charge in [-0.05, 0) is 18.6 Å². The van der Waals surface area contributed by atoms with Crippen molar-refractivity contribution in [3.63, 3.8) is 0 Å². The SMILES string of the molecule is Cc1ncc(CNC2CSc3ccccc32)s1. The van der Waals surface area contributed by atoms with E-state index < -0.39 is 0 Å². The van der Waals surface area contributed by atoms with Gasteiger partial charge < -0.3 is 5.32 Å². The topological polar surface area (TPSA) is 24.9 Å². The van der Waals surface area contributed by atoms with E-state index in [1.165, 1.54) is 15.3 Å². The zero-order chi connectivity index (χ0) is 11.7. The van der Waals surface area contributed by atoms with Gasteiger partial charge in [0.2, 0.25) is 0 Å². The van der Waals surface area contributed by atoms with E-state index in [0.29, 0.717) is 6.04 Å². The Balaban J connectivity index is 1.68. The van der Waals surface area contributed by atoms with E-state index in [4.69, 9.17) is 0 Å². The zero-order valence-corrected chi connectivity index (χ0v) is 11.3. The van der Waals surface area contributed by atoms with Crippen molar-refractivity contribution in [2.75, 3.05) is 5.75 Å². The number of thioether (sulfide) groups is 1. The highest BCUT2D eigenvalue weighted by atomic mass is 32.2. The minimum Gasteiger partial charge on any atom is -0.304 e. The Morgan fingerprint density at radius 2 is 2.29 bits per heavy atom. The minimum atomic E-state index is 0.485. The first-order valence-electron chi connectivity index (χ1n) is 5.69. The van der Waals surface area contributed by atoms with Crippen LogP contribution in [0.25, 0.3) is 0 Å². The molecule has 2 nitrogen and oxygen atoms in total. The van der Waals surface area contributed by atoms with Gasteiger partial charge in [-0.2, -0.15) is 0 Å². The van der Waals surface area contributed by atoms with Gasteiger partial charge in [-0.15, -0.1) is 23.1 Å². The van der Waals surface area contributed by atoms with Crippen molar-refractivity contribution in [2.45, 2.75) is 24.4 Å². The van der Waals surface area contributed by atoms with Crippen LogP contribution in [0.4, 0.5) is 0 Å². The number of thiazole rings is 1. The molecule has 1 aliphatic heterocycles. The summed E-state index contributed by atoms with van der Waals surface area (Å²) in [5, 5.41) is 4.76. The lowest BCUT2D eigenvalue weighted by atomic mass is 10.1. The van der Waals surface area contributed by atoms with Crippen molar-refractivity contribution < 1.29 is 0 Å². The molecule has 0 bridgehead atoms. The van der Waals surface area contributed by atoms with Gasteiger partial charge in [0.05, 0.1) is 5.01 Å². The fourth-order valence-electron chi connectivity index (χ4n) is 2.04. The number of fused-ring (bicyclic) bond motifs is 1. The van der Waals surface area contributed by atoms with Crippen molar-refractivity contribution in [2.24, 2.45) is 0 Å². The number of hydrogen-bond donors (Lipinski definition) is 1. The van der Waals surface area contributed by atoms with Gasteiger partial charge >= 0.3 is 0 Å². The van der Waals surface area contributed by atoms with Crippen LogP contribution in [0.3, 0.4) is 0 Å². The molecule has 2 aromatic rings. The number of benzene rings is 1. The summed E-state index contributed by atoms with van der Waals surface area (Å²) in [6.07, 6.45) is 1.97. The molecule has 1 unspecified atom stereocenters. The van der Waals surface area contributed by atoms with Crippen LogP contribution in [-0.4, -0.2) is 10.7 Å². The highest BCUT2D eigenvalue weighted by Gasteiger charge is 2.21. The van der Waals surface area contributed by atoms with Crippen LogP contribution in [0, 0.1) is 6.92 Å². The Morgan fingerprint density at radius 3 is 3.12 bits per heavy atom. The quantitative estimate of drug-likeness (QED) is 0.918. The second kappa shape index (κ2) is 4.80. The van der Waals surface area contributed by atoms with E-state index in [9.17, 15) is 0 Å². The van der Waals surface area contributed by atoms with Crippen LogP contribution in [0.5, 0.6) is 0 Å². The van der Waals surface area contributed by atoms with E-state index in [0.717, 1.165) is 17.3 Å². The van der Waals surface area contributed by atoms with Gasteiger partial charge in [-0.1, -0.05) is 18.2 Å². The molecule has 4 heteroatoms. The van der Waals surface area contributed by atoms with Gasteiger partial charge in [-0.25, -0.2) is 4.98 Å². The van der Waals surface area contributed by atoms with Crippen LogP contribution in [0.1, 0.15) is 21.5 Å². The molecule has 0 saturated carbocycles. The van der Waals surface area contributed by atoms with Gasteiger partial charge in [0.15, 0.2) is 0 Å². The Hall–Kier alpha value is -0.840. The molecule has 3 rings (SSSR count). The molecule has 1 N–H and O–H groups in total. The Morgan fingerprint density at radius 1 is 1.41 bits per heavy atom. The second-order valence-corrected chi connectivity index (χ2v) is 6.51. The number of nitrogens with zero attached hydrogens (tertiary/aromatic N) is 1. The molecule has 1 atom stereocenters. The van der Waals surface area contributed by atoms with E-state index in [2.05, 4.69) is 41.5 Å². The maximum atomic E-state index is 4.28. The molecule has 0 saturated heterocycles. The second-order valence-electron chi connectivity index (χ2n) is 4.13. The van der Waals surface area contributed by atoms with Crippen molar-refractivity contribution in [3.05, 3.63) is 45.9 Å². The molecule has 1 aromatic heterocycles. The third kappa shape index (κ3) is 2.39. The highest BCUT2D eigenvalue weighted by molar-refractivity contribution is 7.99. The summed E-state index contributed by atoms with van der Waals surface area (Å²) in [4.78, 5) is 7.02. The van der Waals surface area contributed by atoms with Crippen LogP contribution >= 0.6 is 23.1 Å². The molecule has 1 aromatic carbocycles. The third-order valence-corrected chi connectivity index (χ3v) is 4.99. The van der Waals surface area contributed by atoms with Crippen LogP contribution in [-0.2, 0) is 6.54 Å². The smallest absolute Gasteiger partial charge is 0.0897 e. The first-order chi connectivity index (χ1) is 8.33. The standard InChI is InChI=1S/C13H14N2S2/c1-9-14-6-10(17-9)7-15-12-8-16-13-5-3-2-4-11(12)13/h2-6,12,15H,7-8H2,1H3. The molecule has 0 spiro atoms. The Bertz CT molecular complexity index is 522. The predicted octanol–water partition coefficient (Wildman–Crippen LogP) is 3.39. The van der Waals surface area contributed by atoms with Crippen LogP contribution < -0.4 is 5.32 Å². The van der Waals surface area contributed by atoms with Crippen LogP contribution in [0.2, 0.25) is 0 Å². The molecule has 0 radical (unpaired) electrons. The Labute approximate surface area is 109 Å². The van der Waals surface area contributed by atoms with Crippen molar-refractivity contribution >= 4 is 23.1 Å². The van der Waals surface area contributed by atoms with Crippen molar-refractivity contribution in [1.82, 2.24) is 10.3 Å². The molecule has 0 amide bonds. The van der Waals surface area contributed by atoms with E-state index in [-0.39, 0.29) is 0 Å². The maximum Gasteiger partial charge on any atom is 0.0897 e. The fraction of sp³-hybridized carbons (Fsp3) is 0.308. The normalized spacial score (nSPS) is 18.3. The van der Waals surface area contributed by atoms with Gasteiger partial charge in [-0.3, -0.25) is 0 Å². The number of nitrogens with one attached hydrogen (secondary N) is 1. The number of rotatable bonds is 3. The summed E-state index contributed by atoms with van der Waals surface area (Å²) in [6.45, 7) is 2.97. The minimum absolute atomic E-state index is 0.485. The summed E-state index contributed by atoms with van der Waals surface area (Å²) < 4.78 is 0. The molecule has 17 heavy (non-hydrogen) atoms. The molecule has 2 heterocycles. The van der Waals surface area contributed by atoms with Crippen LogP contribution in [0.15, 0.2) is 35.4 Å². The average molecular weight is 262 g/mol. The molecule has 0 fully saturated rings. The summed E-state index contributed by atoms with van der Waals surface area (Å²) in [5.41, 5.74) is 1.44. The fourth-order valence-corrected chi connectivity index (χ4v) is 3.98. The van der Waals surface area contributed by atoms with E-state index >= 15 is 0 Å². The zero-order valence-electron chi connectivity index (χ0n) is 9.64. The molecular formula is C13H14N2S2. The van der Waals surface area contributed by atoms with Gasteiger partial charge in [0.25, 0.3) is 0 Å². The number of aryl methyl sites for hydroxylation is 1. The van der Waals surface area contributed by atoms with Gasteiger partial charge in [0, 0.05) is 34.3 Å². The molecule has 0 aliphatic carbocycles. The predicted molar refractivity (Wildman–Crippen MR) is 73.6 cm³/mol. The van der Waals surface area contributed by atoms with E-state index in [1.807, 2.05) is 18.0 Å². The van der Waals surface area contributed by atoms with Gasteiger partial charge in [0.1, 0.15) is 0 Å². The first-order valence-corrected chi connectivity index (χ1v) is 7.49. The Kier molecular flexibility index (Phi) is 3.18. The number of aromatic nitrogens is 1. The summed E-state index contributed by atoms with van der Waals surface area (Å²) in [7, 11) is 0. The molecule has 88 valence electrons. The monoisotopic (exact) mass is 262 g/mol. The first kappa shape index (κ1) is 11.3. The lowest BCUT2D eigenvalue weighted by Gasteiger charge is -2.11. The molecule has 1 aliphatic rings. The number of hydrogen-bond acceptors (Lipinski definition) is 4.